The third-order valence-electron chi connectivity index (χ3n) is 4.87. The van der Waals surface area contributed by atoms with Gasteiger partial charge in [-0.2, -0.15) is 0 Å². The number of nitrogens with zero attached hydrogens (tertiary/aromatic N) is 3. The molecule has 0 amide bonds. The molecule has 1 unspecified atom stereocenters. The van der Waals surface area contributed by atoms with Crippen LogP contribution in [0.1, 0.15) is 30.1 Å². The Kier molecular flexibility index (Phi) is 6.10. The smallest absolute Gasteiger partial charge is 0.131 e. The molecule has 1 aromatic carbocycles. The second-order valence-electron chi connectivity index (χ2n) is 7.33. The molecule has 0 aliphatic carbocycles. The van der Waals surface area contributed by atoms with Crippen LogP contribution in [0, 0.1) is 12.8 Å². The Labute approximate surface area is 155 Å². The van der Waals surface area contributed by atoms with Gasteiger partial charge in [0.25, 0.3) is 0 Å². The maximum absolute atomic E-state index is 5.85. The van der Waals surface area contributed by atoms with Crippen LogP contribution in [0.4, 0.5) is 0 Å². The fourth-order valence-corrected chi connectivity index (χ4v) is 3.97. The summed E-state index contributed by atoms with van der Waals surface area (Å²) in [5.74, 6) is 1.58. The second-order valence-corrected chi connectivity index (χ2v) is 8.40. The minimum atomic E-state index is 0.539. The van der Waals surface area contributed by atoms with E-state index in [1.165, 1.54) is 5.56 Å². The van der Waals surface area contributed by atoms with Gasteiger partial charge in [0, 0.05) is 37.6 Å². The molecule has 0 radical (unpaired) electrons. The Bertz CT molecular complexity index is 668. The number of aromatic nitrogens is 1. The molecule has 0 bridgehead atoms. The topological polar surface area (TPSA) is 28.6 Å². The van der Waals surface area contributed by atoms with Crippen molar-refractivity contribution in [1.82, 2.24) is 14.8 Å². The van der Waals surface area contributed by atoms with E-state index in [1.54, 1.807) is 11.3 Å². The number of benzene rings is 1. The summed E-state index contributed by atoms with van der Waals surface area (Å²) in [6.45, 7) is 11.7. The predicted molar refractivity (Wildman–Crippen MR) is 104 cm³/mol. The summed E-state index contributed by atoms with van der Waals surface area (Å²) < 4.78 is 5.85. The summed E-state index contributed by atoms with van der Waals surface area (Å²) >= 11 is 1.66. The maximum atomic E-state index is 5.85. The van der Waals surface area contributed by atoms with E-state index < -0.39 is 0 Å². The molecule has 136 valence electrons. The third-order valence-corrected chi connectivity index (χ3v) is 5.69. The summed E-state index contributed by atoms with van der Waals surface area (Å²) in [5.41, 5.74) is 2.36. The van der Waals surface area contributed by atoms with Crippen LogP contribution in [0.2, 0.25) is 0 Å². The SMILES string of the molecule is Cc1nc(COc2ccc(CN3CCN(C)CC3C(C)C)cc2)cs1. The van der Waals surface area contributed by atoms with Crippen LogP contribution < -0.4 is 4.74 Å². The number of aryl methyl sites for hydroxylation is 1. The van der Waals surface area contributed by atoms with Gasteiger partial charge in [-0.05, 0) is 37.6 Å². The fraction of sp³-hybridized carbons (Fsp3) is 0.550. The van der Waals surface area contributed by atoms with E-state index in [1.807, 2.05) is 6.92 Å². The van der Waals surface area contributed by atoms with Gasteiger partial charge in [-0.15, -0.1) is 11.3 Å². The first-order chi connectivity index (χ1) is 12.0. The van der Waals surface area contributed by atoms with Gasteiger partial charge in [0.15, 0.2) is 0 Å². The molecule has 2 heterocycles. The van der Waals surface area contributed by atoms with Gasteiger partial charge in [0.05, 0.1) is 10.7 Å². The van der Waals surface area contributed by atoms with Crippen molar-refractivity contribution in [2.24, 2.45) is 5.92 Å². The fourth-order valence-electron chi connectivity index (χ4n) is 3.38. The molecule has 4 nitrogen and oxygen atoms in total. The zero-order chi connectivity index (χ0) is 17.8. The number of thiazole rings is 1. The molecule has 0 N–H and O–H groups in total. The summed E-state index contributed by atoms with van der Waals surface area (Å²) in [6, 6.07) is 9.17. The summed E-state index contributed by atoms with van der Waals surface area (Å²) in [7, 11) is 2.22. The van der Waals surface area contributed by atoms with Crippen LogP contribution in [0.5, 0.6) is 5.75 Å². The third kappa shape index (κ3) is 5.03. The molecule has 1 saturated heterocycles. The molecule has 2 aromatic rings. The standard InChI is InChI=1S/C20H29N3OS/c1-15(2)20-12-22(4)9-10-23(20)11-17-5-7-19(8-6-17)24-13-18-14-25-16(3)21-18/h5-8,14-15,20H,9-13H2,1-4H3. The van der Waals surface area contributed by atoms with E-state index in [0.29, 0.717) is 18.6 Å². The van der Waals surface area contributed by atoms with Crippen molar-refractivity contribution < 1.29 is 4.74 Å². The quantitative estimate of drug-likeness (QED) is 0.784. The molecular weight excluding hydrogens is 330 g/mol. The highest BCUT2D eigenvalue weighted by molar-refractivity contribution is 7.09. The molecule has 1 atom stereocenters. The normalized spacial score (nSPS) is 19.5. The molecular formula is C20H29N3OS. The van der Waals surface area contributed by atoms with Crippen molar-refractivity contribution in [3.8, 4) is 5.75 Å². The first-order valence-electron chi connectivity index (χ1n) is 9.06. The van der Waals surface area contributed by atoms with E-state index in [2.05, 4.69) is 65.3 Å². The van der Waals surface area contributed by atoms with Crippen molar-refractivity contribution in [1.29, 1.82) is 0 Å². The number of rotatable bonds is 6. The lowest BCUT2D eigenvalue weighted by atomic mass is 9.99. The molecule has 0 saturated carbocycles. The number of likely N-dealkylation sites (N-methyl/N-ethyl adjacent to an activating group) is 1. The Balaban J connectivity index is 1.56. The van der Waals surface area contributed by atoms with Crippen molar-refractivity contribution in [3.05, 3.63) is 45.9 Å². The zero-order valence-corrected chi connectivity index (χ0v) is 16.6. The Hall–Kier alpha value is -1.43. The molecule has 0 spiro atoms. The van der Waals surface area contributed by atoms with E-state index in [4.69, 9.17) is 4.74 Å². The van der Waals surface area contributed by atoms with Crippen molar-refractivity contribution in [2.75, 3.05) is 26.7 Å². The molecule has 1 aliphatic rings. The Morgan fingerprint density at radius 1 is 1.24 bits per heavy atom. The zero-order valence-electron chi connectivity index (χ0n) is 15.7. The maximum Gasteiger partial charge on any atom is 0.131 e. The van der Waals surface area contributed by atoms with Crippen LogP contribution in [-0.2, 0) is 13.2 Å². The molecule has 5 heteroatoms. The van der Waals surface area contributed by atoms with E-state index >= 15 is 0 Å². The van der Waals surface area contributed by atoms with Crippen LogP contribution in [0.15, 0.2) is 29.6 Å². The average molecular weight is 360 g/mol. The second kappa shape index (κ2) is 8.30. The largest absolute Gasteiger partial charge is 0.487 e. The monoisotopic (exact) mass is 359 g/mol. The number of hydrogen-bond acceptors (Lipinski definition) is 5. The van der Waals surface area contributed by atoms with Crippen molar-refractivity contribution >= 4 is 11.3 Å². The number of ether oxygens (including phenoxy) is 1. The minimum Gasteiger partial charge on any atom is -0.487 e. The highest BCUT2D eigenvalue weighted by Gasteiger charge is 2.27. The molecule has 3 rings (SSSR count). The average Bonchev–Trinajstić information content (AvgIpc) is 3.01. The van der Waals surface area contributed by atoms with Crippen LogP contribution in [0.25, 0.3) is 0 Å². The van der Waals surface area contributed by atoms with Gasteiger partial charge in [-0.25, -0.2) is 4.98 Å². The Morgan fingerprint density at radius 3 is 2.64 bits per heavy atom. The lowest BCUT2D eigenvalue weighted by molar-refractivity contribution is 0.0571. The summed E-state index contributed by atoms with van der Waals surface area (Å²) in [4.78, 5) is 9.50. The van der Waals surface area contributed by atoms with Gasteiger partial charge in [-0.3, -0.25) is 4.90 Å². The lowest BCUT2D eigenvalue weighted by Crippen LogP contribution is -2.53. The van der Waals surface area contributed by atoms with E-state index in [9.17, 15) is 0 Å². The van der Waals surface area contributed by atoms with Crippen LogP contribution in [0.3, 0.4) is 0 Å². The minimum absolute atomic E-state index is 0.539. The number of hydrogen-bond donors (Lipinski definition) is 0. The van der Waals surface area contributed by atoms with Gasteiger partial charge >= 0.3 is 0 Å². The summed E-state index contributed by atoms with van der Waals surface area (Å²) in [6.07, 6.45) is 0. The molecule has 1 aliphatic heterocycles. The van der Waals surface area contributed by atoms with E-state index in [-0.39, 0.29) is 0 Å². The molecule has 1 aromatic heterocycles. The highest BCUT2D eigenvalue weighted by Crippen LogP contribution is 2.21. The van der Waals surface area contributed by atoms with E-state index in [0.717, 1.165) is 42.6 Å². The van der Waals surface area contributed by atoms with Crippen molar-refractivity contribution in [2.45, 2.75) is 40.0 Å². The highest BCUT2D eigenvalue weighted by atomic mass is 32.1. The number of piperazine rings is 1. The first kappa shape index (κ1) is 18.4. The van der Waals surface area contributed by atoms with Crippen molar-refractivity contribution in [3.63, 3.8) is 0 Å². The van der Waals surface area contributed by atoms with Gasteiger partial charge in [0.1, 0.15) is 12.4 Å². The lowest BCUT2D eigenvalue weighted by Gasteiger charge is -2.42. The predicted octanol–water partition coefficient (Wildman–Crippen LogP) is 3.80. The van der Waals surface area contributed by atoms with Gasteiger partial charge in [-0.1, -0.05) is 26.0 Å². The summed E-state index contributed by atoms with van der Waals surface area (Å²) in [5, 5.41) is 3.14. The van der Waals surface area contributed by atoms with Crippen LogP contribution >= 0.6 is 11.3 Å². The van der Waals surface area contributed by atoms with Gasteiger partial charge < -0.3 is 9.64 Å². The molecule has 1 fully saturated rings. The van der Waals surface area contributed by atoms with Gasteiger partial charge in [0.2, 0.25) is 0 Å². The first-order valence-corrected chi connectivity index (χ1v) is 9.94. The Morgan fingerprint density at radius 2 is 2.00 bits per heavy atom. The molecule has 25 heavy (non-hydrogen) atoms. The van der Waals surface area contributed by atoms with Crippen LogP contribution in [-0.4, -0.2) is 47.5 Å².